The lowest BCUT2D eigenvalue weighted by Crippen LogP contribution is -2.30. The van der Waals surface area contributed by atoms with E-state index in [9.17, 15) is 9.59 Å². The minimum atomic E-state index is -1.06. The molecule has 0 unspecified atom stereocenters. The molecule has 0 saturated carbocycles. The van der Waals surface area contributed by atoms with Crippen molar-refractivity contribution >= 4 is 11.9 Å². The van der Waals surface area contributed by atoms with Crippen LogP contribution < -0.4 is 5.32 Å². The highest BCUT2D eigenvalue weighted by Crippen LogP contribution is 1.93. The Labute approximate surface area is 80.8 Å². The highest BCUT2D eigenvalue weighted by Gasteiger charge is 2.04. The molecule has 5 nitrogen and oxygen atoms in total. The van der Waals surface area contributed by atoms with Gasteiger partial charge in [0.25, 0.3) is 0 Å². The molecule has 5 heteroatoms. The molecule has 2 N–H and O–H groups in total. The Hall–Kier alpha value is -1.91. The van der Waals surface area contributed by atoms with E-state index in [2.05, 4.69) is 10.3 Å². The summed E-state index contributed by atoms with van der Waals surface area (Å²) in [6, 6.07) is 5.23. The third-order valence-electron chi connectivity index (χ3n) is 1.50. The van der Waals surface area contributed by atoms with Crippen LogP contribution in [0.2, 0.25) is 0 Å². The molecule has 0 aromatic carbocycles. The second-order valence-corrected chi connectivity index (χ2v) is 2.67. The van der Waals surface area contributed by atoms with Gasteiger partial charge in [-0.25, -0.2) is 0 Å². The van der Waals surface area contributed by atoms with Gasteiger partial charge in [0.05, 0.1) is 6.42 Å². The first-order chi connectivity index (χ1) is 6.68. The lowest BCUT2D eigenvalue weighted by atomic mass is 10.2. The Morgan fingerprint density at radius 2 is 2.21 bits per heavy atom. The number of aliphatic carboxylic acids is 1. The zero-order chi connectivity index (χ0) is 10.4. The molecule has 1 heterocycles. The van der Waals surface area contributed by atoms with Crippen LogP contribution in [-0.2, 0) is 16.0 Å². The summed E-state index contributed by atoms with van der Waals surface area (Å²) >= 11 is 0. The van der Waals surface area contributed by atoms with Crippen molar-refractivity contribution in [3.05, 3.63) is 30.1 Å². The Morgan fingerprint density at radius 3 is 2.79 bits per heavy atom. The number of pyridine rings is 1. The van der Waals surface area contributed by atoms with E-state index in [1.807, 2.05) is 0 Å². The first-order valence-corrected chi connectivity index (χ1v) is 4.07. The lowest BCUT2D eigenvalue weighted by molar-refractivity contribution is -0.137. The maximum atomic E-state index is 11.1. The Kier molecular flexibility index (Phi) is 3.60. The number of hydrogen-bond acceptors (Lipinski definition) is 3. The molecule has 0 spiro atoms. The van der Waals surface area contributed by atoms with E-state index in [1.165, 1.54) is 0 Å². The number of carbonyl (C=O) groups excluding carboxylic acids is 1. The Bertz CT molecular complexity index is 324. The van der Waals surface area contributed by atoms with E-state index in [-0.39, 0.29) is 18.9 Å². The van der Waals surface area contributed by atoms with Crippen LogP contribution in [0.1, 0.15) is 5.69 Å². The van der Waals surface area contributed by atoms with Crippen molar-refractivity contribution in [2.75, 3.05) is 6.54 Å². The summed E-state index contributed by atoms with van der Waals surface area (Å²) in [6.07, 6.45) is 1.69. The van der Waals surface area contributed by atoms with Gasteiger partial charge in [-0.1, -0.05) is 6.07 Å². The van der Waals surface area contributed by atoms with E-state index in [1.54, 1.807) is 24.4 Å². The number of nitrogens with one attached hydrogen (secondary N) is 1. The van der Waals surface area contributed by atoms with Gasteiger partial charge in [-0.05, 0) is 12.1 Å². The minimum absolute atomic E-state index is 0.105. The summed E-state index contributed by atoms with van der Waals surface area (Å²) in [6.45, 7) is -0.355. The van der Waals surface area contributed by atoms with E-state index >= 15 is 0 Å². The van der Waals surface area contributed by atoms with Gasteiger partial charge in [0, 0.05) is 11.9 Å². The van der Waals surface area contributed by atoms with Crippen molar-refractivity contribution in [1.82, 2.24) is 10.3 Å². The molecule has 0 atom stereocenters. The predicted molar refractivity (Wildman–Crippen MR) is 48.6 cm³/mol. The summed E-state index contributed by atoms with van der Waals surface area (Å²) in [5.74, 6) is -1.40. The number of carboxylic acids is 1. The number of amides is 1. The molecule has 0 aliphatic heterocycles. The average Bonchev–Trinajstić information content (AvgIpc) is 2.16. The summed E-state index contributed by atoms with van der Waals surface area (Å²) < 4.78 is 0. The van der Waals surface area contributed by atoms with Gasteiger partial charge in [-0.3, -0.25) is 14.6 Å². The van der Waals surface area contributed by atoms with E-state index in [0.29, 0.717) is 5.69 Å². The molecule has 14 heavy (non-hydrogen) atoms. The van der Waals surface area contributed by atoms with Crippen LogP contribution in [-0.4, -0.2) is 28.5 Å². The van der Waals surface area contributed by atoms with Gasteiger partial charge in [0.15, 0.2) is 0 Å². The third-order valence-corrected chi connectivity index (χ3v) is 1.50. The van der Waals surface area contributed by atoms with Gasteiger partial charge in [-0.15, -0.1) is 0 Å². The molecular formula is C9H10N2O3. The summed E-state index contributed by atoms with van der Waals surface area (Å²) in [5.41, 5.74) is 0.621. The van der Waals surface area contributed by atoms with Crippen LogP contribution in [0.3, 0.4) is 0 Å². The van der Waals surface area contributed by atoms with Gasteiger partial charge in [-0.2, -0.15) is 0 Å². The highest BCUT2D eigenvalue weighted by molar-refractivity contribution is 5.82. The largest absolute Gasteiger partial charge is 0.480 e. The monoisotopic (exact) mass is 194 g/mol. The van der Waals surface area contributed by atoms with Gasteiger partial charge < -0.3 is 10.4 Å². The third kappa shape index (κ3) is 3.66. The van der Waals surface area contributed by atoms with Crippen LogP contribution in [0.25, 0.3) is 0 Å². The molecule has 74 valence electrons. The van der Waals surface area contributed by atoms with Crippen LogP contribution in [0, 0.1) is 0 Å². The van der Waals surface area contributed by atoms with Crippen LogP contribution in [0.15, 0.2) is 24.4 Å². The Morgan fingerprint density at radius 1 is 1.43 bits per heavy atom. The predicted octanol–water partition coefficient (Wildman–Crippen LogP) is -0.175. The molecular weight excluding hydrogens is 184 g/mol. The zero-order valence-corrected chi connectivity index (χ0v) is 7.43. The molecule has 0 aliphatic rings. The van der Waals surface area contributed by atoms with Crippen molar-refractivity contribution in [3.8, 4) is 0 Å². The normalized spacial score (nSPS) is 9.43. The van der Waals surface area contributed by atoms with Gasteiger partial charge >= 0.3 is 5.97 Å². The number of aromatic nitrogens is 1. The van der Waals surface area contributed by atoms with E-state index in [0.717, 1.165) is 0 Å². The van der Waals surface area contributed by atoms with Crippen molar-refractivity contribution in [3.63, 3.8) is 0 Å². The van der Waals surface area contributed by atoms with E-state index in [4.69, 9.17) is 5.11 Å². The number of carbonyl (C=O) groups is 2. The fourth-order valence-electron chi connectivity index (χ4n) is 0.904. The number of rotatable bonds is 4. The summed E-state index contributed by atoms with van der Waals surface area (Å²) in [4.78, 5) is 25.2. The second-order valence-electron chi connectivity index (χ2n) is 2.67. The van der Waals surface area contributed by atoms with Crippen LogP contribution in [0.4, 0.5) is 0 Å². The molecule has 0 fully saturated rings. The standard InChI is InChI=1S/C9H10N2O3/c12-8(11-6-9(13)14)5-7-3-1-2-4-10-7/h1-4H,5-6H2,(H,11,12)(H,13,14). The zero-order valence-electron chi connectivity index (χ0n) is 7.43. The SMILES string of the molecule is O=C(O)CNC(=O)Cc1ccccn1. The van der Waals surface area contributed by atoms with Crippen molar-refractivity contribution in [2.24, 2.45) is 0 Å². The average molecular weight is 194 g/mol. The minimum Gasteiger partial charge on any atom is -0.480 e. The first-order valence-electron chi connectivity index (χ1n) is 4.07. The molecule has 1 aromatic rings. The van der Waals surface area contributed by atoms with Crippen molar-refractivity contribution < 1.29 is 14.7 Å². The summed E-state index contributed by atoms with van der Waals surface area (Å²) in [5, 5.41) is 10.6. The number of hydrogen-bond donors (Lipinski definition) is 2. The van der Waals surface area contributed by atoms with Crippen LogP contribution >= 0.6 is 0 Å². The molecule has 1 aromatic heterocycles. The smallest absolute Gasteiger partial charge is 0.322 e. The number of carboxylic acid groups (broad SMARTS) is 1. The van der Waals surface area contributed by atoms with Crippen LogP contribution in [0.5, 0.6) is 0 Å². The first kappa shape index (κ1) is 10.2. The maximum absolute atomic E-state index is 11.1. The van der Waals surface area contributed by atoms with Gasteiger partial charge in [0.2, 0.25) is 5.91 Å². The summed E-state index contributed by atoms with van der Waals surface area (Å²) in [7, 11) is 0. The lowest BCUT2D eigenvalue weighted by Gasteiger charge is -2.00. The second kappa shape index (κ2) is 4.96. The quantitative estimate of drug-likeness (QED) is 0.697. The Balaban J connectivity index is 2.38. The van der Waals surface area contributed by atoms with E-state index < -0.39 is 5.97 Å². The number of nitrogens with zero attached hydrogens (tertiary/aromatic N) is 1. The van der Waals surface area contributed by atoms with Crippen molar-refractivity contribution in [1.29, 1.82) is 0 Å². The maximum Gasteiger partial charge on any atom is 0.322 e. The van der Waals surface area contributed by atoms with Gasteiger partial charge in [0.1, 0.15) is 6.54 Å². The highest BCUT2D eigenvalue weighted by atomic mass is 16.4. The van der Waals surface area contributed by atoms with Crippen molar-refractivity contribution in [2.45, 2.75) is 6.42 Å². The fraction of sp³-hybridized carbons (Fsp3) is 0.222. The molecule has 0 aliphatic carbocycles. The topological polar surface area (TPSA) is 79.3 Å². The molecule has 1 rings (SSSR count). The molecule has 0 saturated heterocycles. The fourth-order valence-corrected chi connectivity index (χ4v) is 0.904. The molecule has 0 radical (unpaired) electrons. The molecule has 1 amide bonds. The molecule has 0 bridgehead atoms.